The van der Waals surface area contributed by atoms with Crippen LogP contribution in [0.4, 0.5) is 10.8 Å². The molecule has 36 heavy (non-hydrogen) atoms. The maximum Gasteiger partial charge on any atom is 0.271 e. The zero-order valence-corrected chi connectivity index (χ0v) is 20.2. The second-order valence-corrected chi connectivity index (χ2v) is 9.41. The van der Waals surface area contributed by atoms with E-state index < -0.39 is 10.8 Å². The number of hydrogen-bond donors (Lipinski definition) is 1. The number of amides is 1. The number of ether oxygens (including phenoxy) is 1. The van der Waals surface area contributed by atoms with Gasteiger partial charge in [0.25, 0.3) is 11.6 Å². The lowest BCUT2D eigenvalue weighted by molar-refractivity contribution is -0.384. The van der Waals surface area contributed by atoms with Crippen molar-refractivity contribution in [1.82, 2.24) is 14.8 Å². The van der Waals surface area contributed by atoms with Crippen LogP contribution >= 0.6 is 23.1 Å². The summed E-state index contributed by atoms with van der Waals surface area (Å²) in [7, 11) is 0. The summed E-state index contributed by atoms with van der Waals surface area (Å²) in [5.41, 5.74) is 0.821. The van der Waals surface area contributed by atoms with E-state index >= 15 is 0 Å². The van der Waals surface area contributed by atoms with Gasteiger partial charge in [-0.2, -0.15) is 5.26 Å². The van der Waals surface area contributed by atoms with Crippen molar-refractivity contribution in [3.8, 4) is 17.5 Å². The zero-order chi connectivity index (χ0) is 25.3. The minimum absolute atomic E-state index is 0.0639. The Morgan fingerprint density at radius 3 is 2.81 bits per heavy atom. The summed E-state index contributed by atoms with van der Waals surface area (Å²) >= 11 is 2.64. The molecule has 10 nitrogen and oxygen atoms in total. The molecule has 0 unspecified atom stereocenters. The molecule has 0 fully saturated rings. The molecule has 0 aliphatic heterocycles. The summed E-state index contributed by atoms with van der Waals surface area (Å²) in [5.74, 6) is 0.801. The van der Waals surface area contributed by atoms with Crippen molar-refractivity contribution in [3.05, 3.63) is 94.3 Å². The van der Waals surface area contributed by atoms with Gasteiger partial charge in [-0.15, -0.1) is 10.2 Å². The number of hydrogen-bond acceptors (Lipinski definition) is 9. The standard InChI is InChI=1S/C24H18N6O4S2/c25-16-17(14-18-8-5-11-29(18)19-6-4-7-20(15-19)30(32)33)22(31)26-23-27-28-24(36-23)35-13-12-34-21-9-2-1-3-10-21/h1-11,14-15H,12-13H2,(H,26,27,31). The van der Waals surface area contributed by atoms with E-state index in [0.29, 0.717) is 28.1 Å². The van der Waals surface area contributed by atoms with Gasteiger partial charge < -0.3 is 9.30 Å². The Bertz CT molecular complexity index is 1440. The summed E-state index contributed by atoms with van der Waals surface area (Å²) in [4.78, 5) is 23.3. The van der Waals surface area contributed by atoms with E-state index in [9.17, 15) is 20.2 Å². The molecule has 4 rings (SSSR count). The molecule has 0 radical (unpaired) electrons. The molecule has 2 aromatic carbocycles. The van der Waals surface area contributed by atoms with Crippen molar-refractivity contribution >= 4 is 45.9 Å². The lowest BCUT2D eigenvalue weighted by Crippen LogP contribution is -2.13. The number of nitrogens with zero attached hydrogens (tertiary/aromatic N) is 5. The average Bonchev–Trinajstić information content (AvgIpc) is 3.55. The number of para-hydroxylation sites is 1. The van der Waals surface area contributed by atoms with Crippen molar-refractivity contribution in [2.45, 2.75) is 4.34 Å². The first-order valence-electron chi connectivity index (χ1n) is 10.5. The number of rotatable bonds is 10. The first kappa shape index (κ1) is 24.6. The molecule has 180 valence electrons. The fraction of sp³-hybridized carbons (Fsp3) is 0.0833. The number of nitro groups is 1. The minimum atomic E-state index is -0.635. The van der Waals surface area contributed by atoms with Gasteiger partial charge in [-0.05, 0) is 36.4 Å². The topological polar surface area (TPSA) is 136 Å². The van der Waals surface area contributed by atoms with Crippen LogP contribution in [0.1, 0.15) is 5.69 Å². The van der Waals surface area contributed by atoms with Crippen molar-refractivity contribution in [2.24, 2.45) is 0 Å². The summed E-state index contributed by atoms with van der Waals surface area (Å²) < 4.78 is 7.95. The molecule has 0 spiro atoms. The van der Waals surface area contributed by atoms with Gasteiger partial charge in [0, 0.05) is 29.8 Å². The highest BCUT2D eigenvalue weighted by Crippen LogP contribution is 2.26. The third kappa shape index (κ3) is 6.35. The van der Waals surface area contributed by atoms with Gasteiger partial charge >= 0.3 is 0 Å². The molecule has 0 saturated carbocycles. The van der Waals surface area contributed by atoms with Gasteiger partial charge in [-0.25, -0.2) is 0 Å². The fourth-order valence-electron chi connectivity index (χ4n) is 3.09. The van der Waals surface area contributed by atoms with E-state index in [0.717, 1.165) is 5.75 Å². The maximum atomic E-state index is 12.7. The van der Waals surface area contributed by atoms with Crippen molar-refractivity contribution in [2.75, 3.05) is 17.7 Å². The van der Waals surface area contributed by atoms with Gasteiger partial charge in [0.2, 0.25) is 5.13 Å². The van der Waals surface area contributed by atoms with Crippen LogP contribution in [0.2, 0.25) is 0 Å². The first-order chi connectivity index (χ1) is 17.5. The molecule has 2 aromatic heterocycles. The Hall–Kier alpha value is -4.47. The molecule has 1 N–H and O–H groups in total. The molecule has 1 amide bonds. The van der Waals surface area contributed by atoms with E-state index in [1.54, 1.807) is 35.0 Å². The lowest BCUT2D eigenvalue weighted by Gasteiger charge is -2.07. The van der Waals surface area contributed by atoms with Gasteiger partial charge in [-0.1, -0.05) is 47.4 Å². The predicted octanol–water partition coefficient (Wildman–Crippen LogP) is 4.95. The Balaban J connectivity index is 1.38. The number of anilines is 1. The number of non-ortho nitro benzene ring substituents is 1. The quantitative estimate of drug-likeness (QED) is 0.0592. The fourth-order valence-corrected chi connectivity index (χ4v) is 4.72. The molecular weight excluding hydrogens is 500 g/mol. The van der Waals surface area contributed by atoms with Crippen molar-refractivity contribution in [1.29, 1.82) is 5.26 Å². The molecule has 12 heteroatoms. The molecule has 2 heterocycles. The largest absolute Gasteiger partial charge is 0.493 e. The van der Waals surface area contributed by atoms with E-state index in [4.69, 9.17) is 4.74 Å². The Kier molecular flexibility index (Phi) is 8.07. The summed E-state index contributed by atoms with van der Waals surface area (Å²) in [5, 5.41) is 31.5. The van der Waals surface area contributed by atoms with Crippen LogP contribution in [0.25, 0.3) is 11.8 Å². The highest BCUT2D eigenvalue weighted by molar-refractivity contribution is 8.01. The van der Waals surface area contributed by atoms with Crippen LogP contribution in [0.5, 0.6) is 5.75 Å². The monoisotopic (exact) mass is 518 g/mol. The highest BCUT2D eigenvalue weighted by Gasteiger charge is 2.15. The van der Waals surface area contributed by atoms with Crippen LogP contribution in [0, 0.1) is 21.4 Å². The van der Waals surface area contributed by atoms with Crippen LogP contribution in [-0.4, -0.2) is 38.0 Å². The smallest absolute Gasteiger partial charge is 0.271 e. The van der Waals surface area contributed by atoms with Crippen molar-refractivity contribution < 1.29 is 14.5 Å². The number of nitro benzene ring substituents is 1. The number of thioether (sulfide) groups is 1. The normalized spacial score (nSPS) is 11.0. The number of nitrogens with one attached hydrogen (secondary N) is 1. The molecule has 0 atom stereocenters. The SMILES string of the molecule is N#CC(=Cc1cccn1-c1cccc([N+](=O)[O-])c1)C(=O)Nc1nnc(SCCOc2ccccc2)s1. The van der Waals surface area contributed by atoms with E-state index in [1.165, 1.54) is 41.3 Å². The van der Waals surface area contributed by atoms with Crippen LogP contribution in [0.15, 0.2) is 82.8 Å². The Morgan fingerprint density at radius 2 is 2.03 bits per heavy atom. The number of benzene rings is 2. The average molecular weight is 519 g/mol. The first-order valence-corrected chi connectivity index (χ1v) is 12.3. The van der Waals surface area contributed by atoms with E-state index in [-0.39, 0.29) is 16.4 Å². The van der Waals surface area contributed by atoms with E-state index in [1.807, 2.05) is 36.4 Å². The summed E-state index contributed by atoms with van der Waals surface area (Å²) in [6.07, 6.45) is 3.10. The third-order valence-electron chi connectivity index (χ3n) is 4.70. The zero-order valence-electron chi connectivity index (χ0n) is 18.6. The van der Waals surface area contributed by atoms with Crippen LogP contribution in [0.3, 0.4) is 0 Å². The van der Waals surface area contributed by atoms with Crippen LogP contribution < -0.4 is 10.1 Å². The number of carbonyl (C=O) groups is 1. The predicted molar refractivity (Wildman–Crippen MR) is 137 cm³/mol. The second kappa shape index (κ2) is 11.8. The number of aromatic nitrogens is 3. The maximum absolute atomic E-state index is 12.7. The minimum Gasteiger partial charge on any atom is -0.493 e. The van der Waals surface area contributed by atoms with E-state index in [2.05, 4.69) is 15.5 Å². The Labute approximate surface area is 214 Å². The number of nitriles is 1. The van der Waals surface area contributed by atoms with Gasteiger partial charge in [0.15, 0.2) is 4.34 Å². The van der Waals surface area contributed by atoms with Gasteiger partial charge in [-0.3, -0.25) is 20.2 Å². The molecular formula is C24H18N6O4S2. The van der Waals surface area contributed by atoms with Gasteiger partial charge in [0.1, 0.15) is 17.4 Å². The van der Waals surface area contributed by atoms with Crippen molar-refractivity contribution in [3.63, 3.8) is 0 Å². The van der Waals surface area contributed by atoms with Gasteiger partial charge in [0.05, 0.1) is 17.2 Å². The molecule has 0 bridgehead atoms. The molecule has 4 aromatic rings. The second-order valence-electron chi connectivity index (χ2n) is 7.09. The third-order valence-corrected chi connectivity index (χ3v) is 6.64. The molecule has 0 saturated heterocycles. The lowest BCUT2D eigenvalue weighted by atomic mass is 10.2. The highest BCUT2D eigenvalue weighted by atomic mass is 32.2. The summed E-state index contributed by atoms with van der Waals surface area (Å²) in [6.45, 7) is 0.488. The molecule has 0 aliphatic carbocycles. The number of carbonyl (C=O) groups excluding carboxylic acids is 1. The molecule has 0 aliphatic rings. The Morgan fingerprint density at radius 1 is 1.19 bits per heavy atom. The summed E-state index contributed by atoms with van der Waals surface area (Å²) in [6, 6.07) is 20.8. The van der Waals surface area contributed by atoms with Crippen LogP contribution in [-0.2, 0) is 4.79 Å².